The highest BCUT2D eigenvalue weighted by atomic mass is 32.2. The van der Waals surface area contributed by atoms with Crippen molar-refractivity contribution in [2.24, 2.45) is 5.92 Å². The number of thioether (sulfide) groups is 1. The predicted octanol–water partition coefficient (Wildman–Crippen LogP) is 1.57. The fourth-order valence-electron chi connectivity index (χ4n) is 1.22. The molecule has 0 saturated carbocycles. The number of carbonyl (C=O) groups is 1. The Bertz CT molecular complexity index is 371. The van der Waals surface area contributed by atoms with Gasteiger partial charge in [-0.25, -0.2) is 0 Å². The van der Waals surface area contributed by atoms with Crippen molar-refractivity contribution in [2.45, 2.75) is 6.92 Å². The van der Waals surface area contributed by atoms with Crippen LogP contribution in [0.4, 0.5) is 11.4 Å². The van der Waals surface area contributed by atoms with Crippen molar-refractivity contribution >= 4 is 29.0 Å². The molecular weight excluding hydrogens is 236 g/mol. The summed E-state index contributed by atoms with van der Waals surface area (Å²) in [6, 6.07) is 7.09. The summed E-state index contributed by atoms with van der Waals surface area (Å²) in [5.41, 5.74) is 6.95. The number of aliphatic hydroxyl groups is 1. The molecule has 1 unspecified atom stereocenters. The molecular formula is C12H18N2O2S. The first-order valence-electron chi connectivity index (χ1n) is 5.46. The van der Waals surface area contributed by atoms with Crippen molar-refractivity contribution in [3.63, 3.8) is 0 Å². The SMILES string of the molecule is CC(CO)CSCC(=O)Nc1cccc(N)c1. The minimum absolute atomic E-state index is 0.0502. The van der Waals surface area contributed by atoms with Crippen LogP contribution in [-0.4, -0.2) is 29.1 Å². The number of nitrogens with two attached hydrogens (primary N) is 1. The van der Waals surface area contributed by atoms with Crippen molar-refractivity contribution in [2.75, 3.05) is 29.2 Å². The van der Waals surface area contributed by atoms with Crippen molar-refractivity contribution in [3.8, 4) is 0 Å². The van der Waals surface area contributed by atoms with Gasteiger partial charge in [0.2, 0.25) is 5.91 Å². The third-order valence-electron chi connectivity index (χ3n) is 2.12. The van der Waals surface area contributed by atoms with E-state index in [1.807, 2.05) is 6.92 Å². The summed E-state index contributed by atoms with van der Waals surface area (Å²) in [5.74, 6) is 1.34. The van der Waals surface area contributed by atoms with Gasteiger partial charge in [0.15, 0.2) is 0 Å². The van der Waals surface area contributed by atoms with Crippen LogP contribution in [0.5, 0.6) is 0 Å². The zero-order valence-electron chi connectivity index (χ0n) is 9.85. The Morgan fingerprint density at radius 2 is 2.35 bits per heavy atom. The molecule has 1 aromatic carbocycles. The normalized spacial score (nSPS) is 12.1. The summed E-state index contributed by atoms with van der Waals surface area (Å²) in [5, 5.41) is 11.6. The molecule has 0 radical (unpaired) electrons. The molecule has 17 heavy (non-hydrogen) atoms. The standard InChI is InChI=1S/C12H18N2O2S/c1-9(6-15)7-17-8-12(16)14-11-4-2-3-10(13)5-11/h2-5,9,15H,6-8,13H2,1H3,(H,14,16). The lowest BCUT2D eigenvalue weighted by molar-refractivity contribution is -0.113. The zero-order valence-corrected chi connectivity index (χ0v) is 10.7. The maximum atomic E-state index is 11.6. The number of nitrogen functional groups attached to an aromatic ring is 1. The van der Waals surface area contributed by atoms with E-state index in [1.54, 1.807) is 24.3 Å². The second-order valence-electron chi connectivity index (χ2n) is 3.98. The highest BCUT2D eigenvalue weighted by molar-refractivity contribution is 7.99. The van der Waals surface area contributed by atoms with Crippen LogP contribution in [-0.2, 0) is 4.79 Å². The van der Waals surface area contributed by atoms with E-state index in [0.29, 0.717) is 17.1 Å². The minimum atomic E-state index is -0.0502. The molecule has 5 heteroatoms. The molecule has 1 aromatic rings. The molecule has 0 bridgehead atoms. The van der Waals surface area contributed by atoms with E-state index in [-0.39, 0.29) is 18.4 Å². The lowest BCUT2D eigenvalue weighted by Gasteiger charge is -2.08. The van der Waals surface area contributed by atoms with Crippen molar-refractivity contribution < 1.29 is 9.90 Å². The molecule has 94 valence electrons. The monoisotopic (exact) mass is 254 g/mol. The van der Waals surface area contributed by atoms with Gasteiger partial charge in [0.25, 0.3) is 0 Å². The average Bonchev–Trinajstić information content (AvgIpc) is 2.28. The zero-order chi connectivity index (χ0) is 12.7. The van der Waals surface area contributed by atoms with Gasteiger partial charge in [-0.05, 0) is 29.9 Å². The van der Waals surface area contributed by atoms with Gasteiger partial charge in [0.1, 0.15) is 0 Å². The first-order valence-corrected chi connectivity index (χ1v) is 6.61. The maximum absolute atomic E-state index is 11.6. The number of amides is 1. The number of aliphatic hydroxyl groups excluding tert-OH is 1. The van der Waals surface area contributed by atoms with Crippen LogP contribution >= 0.6 is 11.8 Å². The Morgan fingerprint density at radius 1 is 1.59 bits per heavy atom. The highest BCUT2D eigenvalue weighted by Gasteiger charge is 2.05. The van der Waals surface area contributed by atoms with Crippen LogP contribution in [0.3, 0.4) is 0 Å². The number of rotatable bonds is 6. The van der Waals surface area contributed by atoms with Crippen molar-refractivity contribution in [1.82, 2.24) is 0 Å². The van der Waals surface area contributed by atoms with E-state index in [2.05, 4.69) is 5.32 Å². The predicted molar refractivity (Wildman–Crippen MR) is 73.1 cm³/mol. The fraction of sp³-hybridized carbons (Fsp3) is 0.417. The summed E-state index contributed by atoms with van der Waals surface area (Å²) in [6.07, 6.45) is 0. The van der Waals surface area contributed by atoms with E-state index in [4.69, 9.17) is 10.8 Å². The third-order valence-corrected chi connectivity index (χ3v) is 3.39. The molecule has 0 aromatic heterocycles. The topological polar surface area (TPSA) is 75.3 Å². The highest BCUT2D eigenvalue weighted by Crippen LogP contribution is 2.13. The van der Waals surface area contributed by atoms with Crippen LogP contribution in [0.15, 0.2) is 24.3 Å². The second kappa shape index (κ2) is 7.19. The van der Waals surface area contributed by atoms with Crippen LogP contribution < -0.4 is 11.1 Å². The van der Waals surface area contributed by atoms with Gasteiger partial charge in [-0.2, -0.15) is 11.8 Å². The second-order valence-corrected chi connectivity index (χ2v) is 5.01. The minimum Gasteiger partial charge on any atom is -0.399 e. The number of nitrogens with one attached hydrogen (secondary N) is 1. The molecule has 0 spiro atoms. The first-order chi connectivity index (χ1) is 8.11. The molecule has 0 fully saturated rings. The molecule has 4 N–H and O–H groups in total. The number of hydrogen-bond acceptors (Lipinski definition) is 4. The van der Waals surface area contributed by atoms with Crippen LogP contribution in [0.2, 0.25) is 0 Å². The fourth-order valence-corrected chi connectivity index (χ4v) is 2.10. The molecule has 0 aliphatic heterocycles. The summed E-state index contributed by atoms with van der Waals surface area (Å²) in [4.78, 5) is 11.6. The molecule has 0 saturated heterocycles. The molecule has 1 amide bonds. The Kier molecular flexibility index (Phi) is 5.86. The van der Waals surface area contributed by atoms with Gasteiger partial charge in [0, 0.05) is 18.0 Å². The van der Waals surface area contributed by atoms with E-state index < -0.39 is 0 Å². The van der Waals surface area contributed by atoms with Gasteiger partial charge in [-0.3, -0.25) is 4.79 Å². The van der Waals surface area contributed by atoms with Gasteiger partial charge in [-0.15, -0.1) is 0 Å². The summed E-state index contributed by atoms with van der Waals surface area (Å²) in [7, 11) is 0. The largest absolute Gasteiger partial charge is 0.399 e. The molecule has 0 aliphatic rings. The molecule has 4 nitrogen and oxygen atoms in total. The summed E-state index contributed by atoms with van der Waals surface area (Å²) in [6.45, 7) is 2.10. The number of hydrogen-bond donors (Lipinski definition) is 3. The van der Waals surface area contributed by atoms with Crippen molar-refractivity contribution in [1.29, 1.82) is 0 Å². The molecule has 0 aliphatic carbocycles. The van der Waals surface area contributed by atoms with E-state index in [1.165, 1.54) is 11.8 Å². The Balaban J connectivity index is 2.30. The van der Waals surface area contributed by atoms with E-state index in [0.717, 1.165) is 5.75 Å². The Hall–Kier alpha value is -1.20. The van der Waals surface area contributed by atoms with Crippen molar-refractivity contribution in [3.05, 3.63) is 24.3 Å². The maximum Gasteiger partial charge on any atom is 0.234 e. The molecule has 1 rings (SSSR count). The summed E-state index contributed by atoms with van der Waals surface area (Å²) >= 11 is 1.51. The smallest absolute Gasteiger partial charge is 0.234 e. The first kappa shape index (κ1) is 13.9. The quantitative estimate of drug-likeness (QED) is 0.674. The lowest BCUT2D eigenvalue weighted by Crippen LogP contribution is -2.15. The number of anilines is 2. The van der Waals surface area contributed by atoms with E-state index in [9.17, 15) is 4.79 Å². The van der Waals surface area contributed by atoms with E-state index >= 15 is 0 Å². The van der Waals surface area contributed by atoms with Crippen LogP contribution in [0, 0.1) is 5.92 Å². The number of benzene rings is 1. The van der Waals surface area contributed by atoms with Crippen LogP contribution in [0.1, 0.15) is 6.92 Å². The average molecular weight is 254 g/mol. The Labute approximate surface area is 106 Å². The van der Waals surface area contributed by atoms with Crippen LogP contribution in [0.25, 0.3) is 0 Å². The third kappa shape index (κ3) is 5.60. The van der Waals surface area contributed by atoms with Gasteiger partial charge in [0.05, 0.1) is 5.75 Å². The van der Waals surface area contributed by atoms with Gasteiger partial charge >= 0.3 is 0 Å². The molecule has 0 heterocycles. The number of carbonyl (C=O) groups excluding carboxylic acids is 1. The van der Waals surface area contributed by atoms with Gasteiger partial charge in [-0.1, -0.05) is 13.0 Å². The molecule has 1 atom stereocenters. The lowest BCUT2D eigenvalue weighted by atomic mass is 10.2. The Morgan fingerprint density at radius 3 is 3.00 bits per heavy atom. The summed E-state index contributed by atoms with van der Waals surface area (Å²) < 4.78 is 0. The van der Waals surface area contributed by atoms with Gasteiger partial charge < -0.3 is 16.2 Å².